The molecule has 24 heavy (non-hydrogen) atoms. The van der Waals surface area contributed by atoms with E-state index in [0.717, 1.165) is 5.82 Å². The Morgan fingerprint density at radius 2 is 2.25 bits per heavy atom. The van der Waals surface area contributed by atoms with Crippen LogP contribution in [0.3, 0.4) is 0 Å². The van der Waals surface area contributed by atoms with Crippen molar-refractivity contribution in [1.29, 1.82) is 0 Å². The van der Waals surface area contributed by atoms with Crippen LogP contribution in [-0.2, 0) is 9.30 Å². The zero-order chi connectivity index (χ0) is 17.5. The second-order valence-electron chi connectivity index (χ2n) is 5.30. The SMILES string of the molecule is CNc1nc(N)nc2c1ncn2[C@@H]1O[C@H](C=CP(=O)(O)O)C[C@H]1O. The standard InChI is InChI=1S/C12H17N6O5P/c1-14-9-8-10(17-12(13)16-9)18(5-15-8)11-7(19)4-6(23-11)2-3-24(20,21)22/h2-3,5-7,11,19H,4H2,1H3,(H2,20,21,22)(H3,13,14,16,17)/t6-,7-,11-/m1/s1. The maximum atomic E-state index is 10.9. The van der Waals surface area contributed by atoms with Crippen LogP contribution >= 0.6 is 7.60 Å². The Morgan fingerprint density at radius 1 is 1.50 bits per heavy atom. The molecule has 0 aliphatic carbocycles. The van der Waals surface area contributed by atoms with Crippen molar-refractivity contribution in [2.75, 3.05) is 18.1 Å². The van der Waals surface area contributed by atoms with Gasteiger partial charge in [-0.2, -0.15) is 9.97 Å². The topological polar surface area (TPSA) is 169 Å². The fourth-order valence-electron chi connectivity index (χ4n) is 2.56. The molecule has 1 saturated heterocycles. The van der Waals surface area contributed by atoms with Crippen LogP contribution in [0.15, 0.2) is 18.2 Å². The normalized spacial score (nSPS) is 24.9. The van der Waals surface area contributed by atoms with Crippen LogP contribution < -0.4 is 11.1 Å². The number of rotatable bonds is 4. The molecule has 0 unspecified atom stereocenters. The number of anilines is 2. The van der Waals surface area contributed by atoms with Crippen molar-refractivity contribution < 1.29 is 24.2 Å². The largest absolute Gasteiger partial charge is 0.388 e. The first-order valence-corrected chi connectivity index (χ1v) is 8.72. The number of nitrogen functional groups attached to an aromatic ring is 1. The van der Waals surface area contributed by atoms with Gasteiger partial charge in [-0.1, -0.05) is 0 Å². The van der Waals surface area contributed by atoms with E-state index in [0.29, 0.717) is 17.0 Å². The third-order valence-corrected chi connectivity index (χ3v) is 4.12. The number of nitrogens with one attached hydrogen (secondary N) is 1. The van der Waals surface area contributed by atoms with Gasteiger partial charge < -0.3 is 30.7 Å². The highest BCUT2D eigenvalue weighted by Gasteiger charge is 2.35. The van der Waals surface area contributed by atoms with Crippen LogP contribution in [0.1, 0.15) is 12.6 Å². The highest BCUT2D eigenvalue weighted by atomic mass is 31.2. The van der Waals surface area contributed by atoms with Gasteiger partial charge in [0.05, 0.1) is 12.4 Å². The van der Waals surface area contributed by atoms with Gasteiger partial charge in [0.2, 0.25) is 5.95 Å². The van der Waals surface area contributed by atoms with Crippen molar-refractivity contribution in [2.45, 2.75) is 24.9 Å². The quantitative estimate of drug-likeness (QED) is 0.462. The maximum absolute atomic E-state index is 10.9. The predicted octanol–water partition coefficient (Wildman–Crippen LogP) is -0.210. The minimum Gasteiger partial charge on any atom is -0.388 e. The number of fused-ring (bicyclic) bond motifs is 1. The zero-order valence-corrected chi connectivity index (χ0v) is 13.5. The first-order valence-electron chi connectivity index (χ1n) is 7.04. The van der Waals surface area contributed by atoms with Crippen molar-refractivity contribution in [1.82, 2.24) is 19.5 Å². The molecule has 1 aliphatic rings. The lowest BCUT2D eigenvalue weighted by molar-refractivity contribution is -0.0227. The smallest absolute Gasteiger partial charge is 0.348 e. The van der Waals surface area contributed by atoms with Crippen molar-refractivity contribution in [2.24, 2.45) is 0 Å². The van der Waals surface area contributed by atoms with Gasteiger partial charge in [-0.15, -0.1) is 0 Å². The van der Waals surface area contributed by atoms with Gasteiger partial charge in [-0.25, -0.2) is 4.98 Å². The Balaban J connectivity index is 1.92. The summed E-state index contributed by atoms with van der Waals surface area (Å²) in [5.41, 5.74) is 6.53. The Hall–Kier alpha value is -2.04. The molecule has 3 heterocycles. The number of aliphatic hydroxyl groups excluding tert-OH is 1. The number of aliphatic hydroxyl groups is 1. The second kappa shape index (κ2) is 6.11. The number of nitrogens with zero attached hydrogens (tertiary/aromatic N) is 4. The van der Waals surface area contributed by atoms with Gasteiger partial charge >= 0.3 is 7.60 Å². The number of nitrogens with two attached hydrogens (primary N) is 1. The summed E-state index contributed by atoms with van der Waals surface area (Å²) in [7, 11) is -2.61. The van der Waals surface area contributed by atoms with E-state index in [9.17, 15) is 9.67 Å². The highest BCUT2D eigenvalue weighted by Crippen LogP contribution is 2.38. The van der Waals surface area contributed by atoms with Crippen LogP contribution in [0, 0.1) is 0 Å². The van der Waals surface area contributed by atoms with Crippen LogP contribution in [0.2, 0.25) is 0 Å². The van der Waals surface area contributed by atoms with Crippen LogP contribution in [-0.4, -0.2) is 53.7 Å². The zero-order valence-electron chi connectivity index (χ0n) is 12.6. The van der Waals surface area contributed by atoms with Gasteiger partial charge in [-0.05, 0) is 6.08 Å². The van der Waals surface area contributed by atoms with Crippen molar-refractivity contribution in [3.63, 3.8) is 0 Å². The first kappa shape index (κ1) is 16.8. The summed E-state index contributed by atoms with van der Waals surface area (Å²) in [5.74, 6) is 1.25. The molecule has 130 valence electrons. The summed E-state index contributed by atoms with van der Waals surface area (Å²) in [4.78, 5) is 30.1. The van der Waals surface area contributed by atoms with Crippen LogP contribution in [0.4, 0.5) is 11.8 Å². The molecular weight excluding hydrogens is 339 g/mol. The van der Waals surface area contributed by atoms with Crippen molar-refractivity contribution >= 4 is 30.5 Å². The predicted molar refractivity (Wildman–Crippen MR) is 85.0 cm³/mol. The van der Waals surface area contributed by atoms with E-state index >= 15 is 0 Å². The molecule has 0 radical (unpaired) electrons. The van der Waals surface area contributed by atoms with Gasteiger partial charge in [0.1, 0.15) is 6.10 Å². The third-order valence-electron chi connectivity index (χ3n) is 3.56. The van der Waals surface area contributed by atoms with E-state index in [1.54, 1.807) is 7.05 Å². The monoisotopic (exact) mass is 356 g/mol. The molecule has 12 heteroatoms. The van der Waals surface area contributed by atoms with E-state index in [1.807, 2.05) is 0 Å². The molecular formula is C12H17N6O5P. The fraction of sp³-hybridized carbons (Fsp3) is 0.417. The molecule has 3 rings (SSSR count). The number of imidazole rings is 1. The van der Waals surface area contributed by atoms with Crippen LogP contribution in [0.25, 0.3) is 11.2 Å². The molecule has 0 amide bonds. The Morgan fingerprint density at radius 3 is 2.92 bits per heavy atom. The first-order chi connectivity index (χ1) is 11.3. The third kappa shape index (κ3) is 3.25. The van der Waals surface area contributed by atoms with E-state index in [1.165, 1.54) is 17.0 Å². The summed E-state index contributed by atoms with van der Waals surface area (Å²) in [6, 6.07) is 0. The number of aromatic nitrogens is 4. The van der Waals surface area contributed by atoms with E-state index in [2.05, 4.69) is 20.3 Å². The lowest BCUT2D eigenvalue weighted by atomic mass is 10.2. The van der Waals surface area contributed by atoms with Crippen molar-refractivity contribution in [3.8, 4) is 0 Å². The molecule has 2 aromatic rings. The van der Waals surface area contributed by atoms with Gasteiger partial charge in [0.25, 0.3) is 0 Å². The Bertz CT molecular complexity index is 833. The Labute approximate surface area is 136 Å². The van der Waals surface area contributed by atoms with Crippen molar-refractivity contribution in [3.05, 3.63) is 18.2 Å². The summed E-state index contributed by atoms with van der Waals surface area (Å²) < 4.78 is 18.1. The lowest BCUT2D eigenvalue weighted by Crippen LogP contribution is -2.19. The van der Waals surface area contributed by atoms with Gasteiger partial charge in [0.15, 0.2) is 23.2 Å². The fourth-order valence-corrected chi connectivity index (χ4v) is 2.97. The van der Waals surface area contributed by atoms with Gasteiger partial charge in [-0.3, -0.25) is 9.13 Å². The Kier molecular flexibility index (Phi) is 4.28. The summed E-state index contributed by atoms with van der Waals surface area (Å²) in [6.45, 7) is 0. The minimum atomic E-state index is -4.28. The van der Waals surface area contributed by atoms with E-state index in [-0.39, 0.29) is 12.4 Å². The number of hydrogen-bond acceptors (Lipinski definition) is 8. The molecule has 2 aromatic heterocycles. The second-order valence-corrected chi connectivity index (χ2v) is 6.78. The lowest BCUT2D eigenvalue weighted by Gasteiger charge is -2.16. The molecule has 0 bridgehead atoms. The molecule has 1 fully saturated rings. The van der Waals surface area contributed by atoms with E-state index in [4.69, 9.17) is 20.3 Å². The average molecular weight is 356 g/mol. The number of hydrogen-bond donors (Lipinski definition) is 5. The highest BCUT2D eigenvalue weighted by molar-refractivity contribution is 7.55. The average Bonchev–Trinajstić information content (AvgIpc) is 3.06. The molecule has 6 N–H and O–H groups in total. The minimum absolute atomic E-state index is 0.0408. The molecule has 3 atom stereocenters. The van der Waals surface area contributed by atoms with E-state index < -0.39 is 26.0 Å². The molecule has 11 nitrogen and oxygen atoms in total. The summed E-state index contributed by atoms with van der Waals surface area (Å²) in [6.07, 6.45) is 0.524. The van der Waals surface area contributed by atoms with Crippen LogP contribution in [0.5, 0.6) is 0 Å². The molecule has 0 spiro atoms. The molecule has 0 aromatic carbocycles. The maximum Gasteiger partial charge on any atom is 0.348 e. The summed E-state index contributed by atoms with van der Waals surface area (Å²) >= 11 is 0. The van der Waals surface area contributed by atoms with Gasteiger partial charge in [0, 0.05) is 19.3 Å². The summed E-state index contributed by atoms with van der Waals surface area (Å²) in [5, 5.41) is 13.1. The molecule has 1 aliphatic heterocycles. The molecule has 0 saturated carbocycles. The number of ether oxygens (including phenoxy) is 1.